The molecule has 1 aliphatic rings. The van der Waals surface area contributed by atoms with Crippen molar-refractivity contribution in [2.75, 3.05) is 11.1 Å². The third kappa shape index (κ3) is 2.70. The molecule has 1 N–H and O–H groups in total. The summed E-state index contributed by atoms with van der Waals surface area (Å²) >= 11 is 7.81. The average molecular weight is 267 g/mol. The predicted octanol–water partition coefficient (Wildman–Crippen LogP) is 3.93. The lowest BCUT2D eigenvalue weighted by atomic mass is 9.91. The zero-order valence-corrected chi connectivity index (χ0v) is 11.3. The fourth-order valence-electron chi connectivity index (χ4n) is 2.12. The lowest BCUT2D eigenvalue weighted by Crippen LogP contribution is -2.47. The van der Waals surface area contributed by atoms with Crippen molar-refractivity contribution in [3.63, 3.8) is 0 Å². The lowest BCUT2D eigenvalue weighted by Gasteiger charge is -2.37. The highest BCUT2D eigenvalue weighted by Gasteiger charge is 2.39. The van der Waals surface area contributed by atoms with Crippen LogP contribution in [0.1, 0.15) is 19.8 Å². The van der Waals surface area contributed by atoms with Crippen molar-refractivity contribution < 1.29 is 0 Å². The second-order valence-electron chi connectivity index (χ2n) is 4.34. The van der Waals surface area contributed by atoms with Crippen molar-refractivity contribution in [2.24, 2.45) is 0 Å². The zero-order valence-electron chi connectivity index (χ0n) is 9.74. The van der Waals surface area contributed by atoms with Crippen molar-refractivity contribution in [1.82, 2.24) is 0 Å². The molecule has 1 aromatic rings. The van der Waals surface area contributed by atoms with E-state index in [-0.39, 0.29) is 0 Å². The first-order valence-corrected chi connectivity index (χ1v) is 7.15. The summed E-state index contributed by atoms with van der Waals surface area (Å²) in [5.41, 5.74) is 0.460. The molecule has 0 spiro atoms. The van der Waals surface area contributed by atoms with E-state index in [0.717, 1.165) is 24.3 Å². The molecule has 2 atom stereocenters. The van der Waals surface area contributed by atoms with Gasteiger partial charge in [-0.05, 0) is 43.7 Å². The Labute approximate surface area is 111 Å². The van der Waals surface area contributed by atoms with Gasteiger partial charge in [-0.15, -0.1) is 0 Å². The van der Waals surface area contributed by atoms with E-state index >= 15 is 0 Å². The molecule has 1 aliphatic heterocycles. The number of rotatable bonds is 2. The number of nitrogens with one attached hydrogen (secondary N) is 1. The first-order valence-electron chi connectivity index (χ1n) is 5.73. The molecule has 1 fully saturated rings. The van der Waals surface area contributed by atoms with E-state index in [2.05, 4.69) is 18.3 Å². The number of anilines is 1. The smallest absolute Gasteiger partial charge is 0.137 e. The molecule has 0 saturated carbocycles. The molecule has 0 bridgehead atoms. The summed E-state index contributed by atoms with van der Waals surface area (Å²) in [7, 11) is 0. The van der Waals surface area contributed by atoms with Crippen LogP contribution in [0.4, 0.5) is 5.69 Å². The first kappa shape index (κ1) is 12.6. The van der Waals surface area contributed by atoms with E-state index in [9.17, 15) is 5.26 Å². The van der Waals surface area contributed by atoms with Crippen molar-refractivity contribution in [1.29, 1.82) is 5.26 Å². The van der Waals surface area contributed by atoms with Gasteiger partial charge in [0.25, 0.3) is 0 Å². The van der Waals surface area contributed by atoms with Crippen LogP contribution in [0.3, 0.4) is 0 Å². The Kier molecular flexibility index (Phi) is 3.86. The Morgan fingerprint density at radius 3 is 3.06 bits per heavy atom. The van der Waals surface area contributed by atoms with Gasteiger partial charge in [-0.1, -0.05) is 17.7 Å². The molecule has 90 valence electrons. The van der Waals surface area contributed by atoms with Gasteiger partial charge in [0.05, 0.1) is 6.07 Å². The van der Waals surface area contributed by atoms with Crippen LogP contribution in [-0.4, -0.2) is 16.5 Å². The summed E-state index contributed by atoms with van der Waals surface area (Å²) in [6.45, 7) is 2.12. The molecule has 1 heterocycles. The van der Waals surface area contributed by atoms with Gasteiger partial charge in [0.15, 0.2) is 0 Å². The Hall–Kier alpha value is -0.850. The highest BCUT2D eigenvalue weighted by molar-refractivity contribution is 8.00. The van der Waals surface area contributed by atoms with Crippen molar-refractivity contribution >= 4 is 29.1 Å². The van der Waals surface area contributed by atoms with Crippen LogP contribution in [0, 0.1) is 11.3 Å². The Balaban J connectivity index is 2.22. The highest BCUT2D eigenvalue weighted by Crippen LogP contribution is 2.36. The molecule has 0 aromatic heterocycles. The summed E-state index contributed by atoms with van der Waals surface area (Å²) in [5.74, 6) is 1.14. The number of thioether (sulfide) groups is 1. The molecular formula is C13H15ClN2S. The zero-order chi connectivity index (χ0) is 12.3. The Bertz CT molecular complexity index is 443. The maximum absolute atomic E-state index is 9.48. The maximum Gasteiger partial charge on any atom is 0.137 e. The van der Waals surface area contributed by atoms with E-state index < -0.39 is 5.54 Å². The van der Waals surface area contributed by atoms with Crippen LogP contribution in [0.15, 0.2) is 24.3 Å². The molecule has 0 amide bonds. The third-order valence-corrected chi connectivity index (χ3v) is 4.83. The third-order valence-electron chi connectivity index (χ3n) is 3.17. The van der Waals surface area contributed by atoms with E-state index in [1.54, 1.807) is 0 Å². The minimum absolute atomic E-state index is 0.292. The molecular weight excluding hydrogens is 252 g/mol. The number of hydrogen-bond acceptors (Lipinski definition) is 3. The minimum Gasteiger partial charge on any atom is -0.366 e. The van der Waals surface area contributed by atoms with Crippen LogP contribution in [0.25, 0.3) is 0 Å². The van der Waals surface area contributed by atoms with Gasteiger partial charge in [0.1, 0.15) is 5.54 Å². The van der Waals surface area contributed by atoms with E-state index in [4.69, 9.17) is 11.6 Å². The molecule has 2 rings (SSSR count). The fourth-order valence-corrected chi connectivity index (χ4v) is 3.49. The normalized spacial score (nSPS) is 28.4. The van der Waals surface area contributed by atoms with E-state index in [1.165, 1.54) is 0 Å². The van der Waals surface area contributed by atoms with Crippen LogP contribution in [0.5, 0.6) is 0 Å². The standard InChI is InChI=1S/C13H15ClN2S/c1-10-13(9-15,6-3-7-17-10)16-12-5-2-4-11(14)8-12/h2,4-5,8,10,16H,3,6-7H2,1H3. The van der Waals surface area contributed by atoms with Gasteiger partial charge in [0, 0.05) is 16.0 Å². The molecule has 4 heteroatoms. The van der Waals surface area contributed by atoms with Crippen molar-refractivity contribution in [3.8, 4) is 6.07 Å². The van der Waals surface area contributed by atoms with Gasteiger partial charge < -0.3 is 5.32 Å². The Morgan fingerprint density at radius 2 is 2.41 bits per heavy atom. The van der Waals surface area contributed by atoms with Gasteiger partial charge in [-0.2, -0.15) is 17.0 Å². The monoisotopic (exact) mass is 266 g/mol. The van der Waals surface area contributed by atoms with Crippen molar-refractivity contribution in [2.45, 2.75) is 30.6 Å². The summed E-state index contributed by atoms with van der Waals surface area (Å²) in [6, 6.07) is 10.0. The van der Waals surface area contributed by atoms with Crippen LogP contribution >= 0.6 is 23.4 Å². The quantitative estimate of drug-likeness (QED) is 0.881. The predicted molar refractivity (Wildman–Crippen MR) is 74.6 cm³/mol. The fraction of sp³-hybridized carbons (Fsp3) is 0.462. The summed E-state index contributed by atoms with van der Waals surface area (Å²) in [5, 5.41) is 13.8. The second kappa shape index (κ2) is 5.20. The number of nitriles is 1. The van der Waals surface area contributed by atoms with Crippen LogP contribution in [-0.2, 0) is 0 Å². The largest absolute Gasteiger partial charge is 0.366 e. The molecule has 1 aromatic carbocycles. The van der Waals surface area contributed by atoms with Crippen LogP contribution < -0.4 is 5.32 Å². The molecule has 2 unspecified atom stereocenters. The molecule has 2 nitrogen and oxygen atoms in total. The topological polar surface area (TPSA) is 35.8 Å². The molecule has 0 aliphatic carbocycles. The Morgan fingerprint density at radius 1 is 1.59 bits per heavy atom. The van der Waals surface area contributed by atoms with Gasteiger partial charge in [-0.25, -0.2) is 0 Å². The number of halogens is 1. The maximum atomic E-state index is 9.48. The number of benzene rings is 1. The summed E-state index contributed by atoms with van der Waals surface area (Å²) in [6.07, 6.45) is 1.97. The average Bonchev–Trinajstić information content (AvgIpc) is 2.32. The SMILES string of the molecule is CC1SCCCC1(C#N)Nc1cccc(Cl)c1. The summed E-state index contributed by atoms with van der Waals surface area (Å²) < 4.78 is 0. The van der Waals surface area contributed by atoms with E-state index in [0.29, 0.717) is 10.3 Å². The van der Waals surface area contributed by atoms with Gasteiger partial charge in [0.2, 0.25) is 0 Å². The highest BCUT2D eigenvalue weighted by atomic mass is 35.5. The van der Waals surface area contributed by atoms with Crippen molar-refractivity contribution in [3.05, 3.63) is 29.3 Å². The number of hydrogen-bond donors (Lipinski definition) is 1. The lowest BCUT2D eigenvalue weighted by molar-refractivity contribution is 0.513. The second-order valence-corrected chi connectivity index (χ2v) is 6.22. The van der Waals surface area contributed by atoms with Gasteiger partial charge >= 0.3 is 0 Å². The van der Waals surface area contributed by atoms with E-state index in [1.807, 2.05) is 36.0 Å². The van der Waals surface area contributed by atoms with Crippen LogP contribution in [0.2, 0.25) is 5.02 Å². The number of nitrogens with zero attached hydrogens (tertiary/aromatic N) is 1. The molecule has 0 radical (unpaired) electrons. The molecule has 1 saturated heterocycles. The first-order chi connectivity index (χ1) is 8.16. The minimum atomic E-state index is -0.465. The van der Waals surface area contributed by atoms with Gasteiger partial charge in [-0.3, -0.25) is 0 Å². The molecule has 17 heavy (non-hydrogen) atoms. The summed E-state index contributed by atoms with van der Waals surface area (Å²) in [4.78, 5) is 0.